The second-order valence-corrected chi connectivity index (χ2v) is 7.48. The topological polar surface area (TPSA) is 75.3 Å². The predicted molar refractivity (Wildman–Crippen MR) is 95.3 cm³/mol. The number of nitrogens with one attached hydrogen (secondary N) is 2. The van der Waals surface area contributed by atoms with Crippen molar-refractivity contribution in [3.63, 3.8) is 0 Å². The zero-order valence-electron chi connectivity index (χ0n) is 12.8. The molecule has 2 N–H and O–H groups in total. The van der Waals surface area contributed by atoms with E-state index < -0.39 is 10.0 Å². The highest BCUT2D eigenvalue weighted by atomic mass is 35.5. The first-order valence-electron chi connectivity index (χ1n) is 7.33. The molecule has 0 unspecified atom stereocenters. The van der Waals surface area contributed by atoms with Crippen LogP contribution >= 0.6 is 11.6 Å². The molecule has 5 nitrogen and oxygen atoms in total. The first kappa shape index (κ1) is 16.7. The van der Waals surface area contributed by atoms with E-state index in [0.717, 1.165) is 5.56 Å². The van der Waals surface area contributed by atoms with Gasteiger partial charge in [0.2, 0.25) is 10.0 Å². The molecule has 1 aliphatic heterocycles. The molecule has 0 bridgehead atoms. The molecule has 7 heteroatoms. The maximum absolute atomic E-state index is 12.2. The molecule has 0 aromatic heterocycles. The third-order valence-electron chi connectivity index (χ3n) is 3.58. The van der Waals surface area contributed by atoms with Crippen LogP contribution in [0, 0.1) is 0 Å². The van der Waals surface area contributed by atoms with Crippen molar-refractivity contribution in [1.82, 2.24) is 4.72 Å². The summed E-state index contributed by atoms with van der Waals surface area (Å²) in [5.41, 5.74) is 2.49. The Morgan fingerprint density at radius 1 is 1.21 bits per heavy atom. The average Bonchev–Trinajstić information content (AvgIpc) is 2.82. The van der Waals surface area contributed by atoms with Gasteiger partial charge in [-0.25, -0.2) is 13.1 Å². The van der Waals surface area contributed by atoms with Crippen LogP contribution in [0.3, 0.4) is 0 Å². The Labute approximate surface area is 145 Å². The largest absolute Gasteiger partial charge is 0.321 e. The van der Waals surface area contributed by atoms with Gasteiger partial charge in [0.15, 0.2) is 0 Å². The van der Waals surface area contributed by atoms with Gasteiger partial charge < -0.3 is 5.32 Å². The van der Waals surface area contributed by atoms with Gasteiger partial charge in [-0.05, 0) is 35.9 Å². The molecule has 1 heterocycles. The van der Waals surface area contributed by atoms with Crippen LogP contribution in [0.5, 0.6) is 0 Å². The lowest BCUT2D eigenvalue weighted by molar-refractivity contribution is -0.110. The highest BCUT2D eigenvalue weighted by Crippen LogP contribution is 2.35. The van der Waals surface area contributed by atoms with E-state index in [1.807, 2.05) is 0 Å². The minimum atomic E-state index is -3.54. The Morgan fingerprint density at radius 3 is 2.75 bits per heavy atom. The van der Waals surface area contributed by atoms with Crippen molar-refractivity contribution in [3.05, 3.63) is 58.6 Å². The predicted octanol–water partition coefficient (Wildman–Crippen LogP) is 3.13. The number of hydrogen-bond acceptors (Lipinski definition) is 3. The molecule has 124 valence electrons. The monoisotopic (exact) mass is 362 g/mol. The first-order valence-corrected chi connectivity index (χ1v) is 9.19. The number of hydrogen-bond donors (Lipinski definition) is 2. The Bertz CT molecular complexity index is 952. The molecule has 2 aromatic rings. The van der Waals surface area contributed by atoms with Crippen LogP contribution in [0.1, 0.15) is 18.1 Å². The van der Waals surface area contributed by atoms with Crippen molar-refractivity contribution < 1.29 is 13.2 Å². The van der Waals surface area contributed by atoms with Gasteiger partial charge >= 0.3 is 0 Å². The maximum atomic E-state index is 12.2. The van der Waals surface area contributed by atoms with Crippen LogP contribution in [0.15, 0.2) is 47.4 Å². The van der Waals surface area contributed by atoms with Gasteiger partial charge in [0.05, 0.1) is 10.6 Å². The van der Waals surface area contributed by atoms with Crippen LogP contribution in [0.2, 0.25) is 5.02 Å². The summed E-state index contributed by atoms with van der Waals surface area (Å²) in [6.45, 7) is 2.03. The number of carbonyl (C=O) groups is 1. The van der Waals surface area contributed by atoms with E-state index in [1.165, 1.54) is 12.1 Å². The molecule has 0 saturated carbocycles. The highest BCUT2D eigenvalue weighted by Gasteiger charge is 2.24. The minimum absolute atomic E-state index is 0.161. The normalized spacial score (nSPS) is 15.4. The molecule has 0 radical (unpaired) electrons. The summed E-state index contributed by atoms with van der Waals surface area (Å²) in [5.74, 6) is -0.243. The fraction of sp³-hybridized carbons (Fsp3) is 0.118. The fourth-order valence-corrected chi connectivity index (χ4v) is 3.79. The van der Waals surface area contributed by atoms with Crippen molar-refractivity contribution in [3.8, 4) is 0 Å². The smallest absolute Gasteiger partial charge is 0.256 e. The molecular weight excluding hydrogens is 348 g/mol. The summed E-state index contributed by atoms with van der Waals surface area (Å²) in [4.78, 5) is 12.3. The first-order chi connectivity index (χ1) is 11.4. The standard InChI is InChI=1S/C17H15ClN2O3S/c1-2-19-24(22,23)13-5-3-4-11(8-13)9-15-14-7-6-12(18)10-16(14)20-17(15)21/h3-10,19H,2H2,1H3,(H,20,21)/b15-9+. The van der Waals surface area contributed by atoms with Gasteiger partial charge in [0.1, 0.15) is 0 Å². The van der Waals surface area contributed by atoms with E-state index in [0.29, 0.717) is 28.4 Å². The lowest BCUT2D eigenvalue weighted by Gasteiger charge is -2.05. The minimum Gasteiger partial charge on any atom is -0.321 e. The summed E-state index contributed by atoms with van der Waals surface area (Å²) in [7, 11) is -3.54. The molecule has 3 rings (SSSR count). The third kappa shape index (κ3) is 3.21. The van der Waals surface area contributed by atoms with Crippen LogP contribution in [-0.2, 0) is 14.8 Å². The number of amides is 1. The molecule has 0 spiro atoms. The van der Waals surface area contributed by atoms with Crippen molar-refractivity contribution >= 4 is 44.9 Å². The number of carbonyl (C=O) groups excluding carboxylic acids is 1. The summed E-state index contributed by atoms with van der Waals surface area (Å²) in [6, 6.07) is 11.6. The SMILES string of the molecule is CCNS(=O)(=O)c1cccc(/C=C2/C(=O)Nc3cc(Cl)ccc32)c1. The summed E-state index contributed by atoms with van der Waals surface area (Å²) in [5, 5.41) is 3.29. The van der Waals surface area contributed by atoms with E-state index in [9.17, 15) is 13.2 Å². The molecule has 24 heavy (non-hydrogen) atoms. The quantitative estimate of drug-likeness (QED) is 0.820. The van der Waals surface area contributed by atoms with E-state index in [2.05, 4.69) is 10.0 Å². The molecule has 2 aromatic carbocycles. The van der Waals surface area contributed by atoms with Gasteiger partial charge in [-0.3, -0.25) is 4.79 Å². The number of fused-ring (bicyclic) bond motifs is 1. The summed E-state index contributed by atoms with van der Waals surface area (Å²) in [6.07, 6.45) is 1.67. The van der Waals surface area contributed by atoms with Crippen LogP contribution in [-0.4, -0.2) is 20.9 Å². The Hall–Kier alpha value is -2.15. The Kier molecular flexibility index (Phi) is 4.45. The highest BCUT2D eigenvalue weighted by molar-refractivity contribution is 7.89. The molecular formula is C17H15ClN2O3S. The number of rotatable bonds is 4. The van der Waals surface area contributed by atoms with E-state index in [-0.39, 0.29) is 10.8 Å². The molecule has 0 saturated heterocycles. The Balaban J connectivity index is 2.03. The van der Waals surface area contributed by atoms with Gasteiger partial charge in [-0.15, -0.1) is 0 Å². The van der Waals surface area contributed by atoms with Crippen molar-refractivity contribution in [2.75, 3.05) is 11.9 Å². The van der Waals surface area contributed by atoms with Gasteiger partial charge in [0, 0.05) is 22.7 Å². The zero-order valence-corrected chi connectivity index (χ0v) is 14.4. The van der Waals surface area contributed by atoms with Gasteiger partial charge in [0.25, 0.3) is 5.91 Å². The fourth-order valence-electron chi connectivity index (χ4n) is 2.52. The molecule has 1 aliphatic rings. The number of sulfonamides is 1. The van der Waals surface area contributed by atoms with Crippen molar-refractivity contribution in [2.24, 2.45) is 0 Å². The molecule has 0 atom stereocenters. The summed E-state index contributed by atoms with van der Waals surface area (Å²) < 4.78 is 26.6. The van der Waals surface area contributed by atoms with Crippen molar-refractivity contribution in [2.45, 2.75) is 11.8 Å². The van der Waals surface area contributed by atoms with Crippen LogP contribution in [0.4, 0.5) is 5.69 Å². The molecule has 0 aliphatic carbocycles. The van der Waals surface area contributed by atoms with Crippen molar-refractivity contribution in [1.29, 1.82) is 0 Å². The van der Waals surface area contributed by atoms with E-state index in [1.54, 1.807) is 43.3 Å². The maximum Gasteiger partial charge on any atom is 0.256 e. The second kappa shape index (κ2) is 6.39. The summed E-state index contributed by atoms with van der Waals surface area (Å²) >= 11 is 5.94. The zero-order chi connectivity index (χ0) is 17.3. The van der Waals surface area contributed by atoms with E-state index in [4.69, 9.17) is 11.6 Å². The Morgan fingerprint density at radius 2 is 2.00 bits per heavy atom. The molecule has 0 fully saturated rings. The third-order valence-corrected chi connectivity index (χ3v) is 5.36. The van der Waals surface area contributed by atoms with Crippen LogP contribution in [0.25, 0.3) is 11.6 Å². The molecule has 1 amide bonds. The average molecular weight is 363 g/mol. The van der Waals surface area contributed by atoms with Gasteiger partial charge in [-0.1, -0.05) is 36.7 Å². The number of benzene rings is 2. The lowest BCUT2D eigenvalue weighted by atomic mass is 10.0. The van der Waals surface area contributed by atoms with E-state index >= 15 is 0 Å². The van der Waals surface area contributed by atoms with Crippen LogP contribution < -0.4 is 10.0 Å². The number of anilines is 1. The lowest BCUT2D eigenvalue weighted by Crippen LogP contribution is -2.23. The number of halogens is 1. The second-order valence-electron chi connectivity index (χ2n) is 5.28. The van der Waals surface area contributed by atoms with Gasteiger partial charge in [-0.2, -0.15) is 0 Å².